The van der Waals surface area contributed by atoms with Crippen molar-refractivity contribution in [3.8, 4) is 11.5 Å². The number of imide groups is 1. The number of carbonyl (C=O) groups is 5. The van der Waals surface area contributed by atoms with Crippen LogP contribution < -0.4 is 36.5 Å². The quantitative estimate of drug-likeness (QED) is 0.0525. The lowest BCUT2D eigenvalue weighted by atomic mass is 9.83. The third kappa shape index (κ3) is 19.5. The van der Waals surface area contributed by atoms with E-state index in [0.717, 1.165) is 95.1 Å². The normalized spacial score (nSPS) is 17.3. The van der Waals surface area contributed by atoms with Gasteiger partial charge in [0, 0.05) is 18.2 Å². The van der Waals surface area contributed by atoms with Gasteiger partial charge in [0.2, 0.25) is 5.91 Å². The van der Waals surface area contributed by atoms with E-state index in [4.69, 9.17) is 15.2 Å². The molecule has 0 saturated carbocycles. The molecule has 2 heterocycles. The first kappa shape index (κ1) is 56.7. The molecule has 2 aliphatic heterocycles. The Hall–Kier alpha value is -4.36. The van der Waals surface area contributed by atoms with Gasteiger partial charge in [-0.1, -0.05) is 105 Å². The molecule has 2 aliphatic rings. The largest absolute Gasteiger partial charge is 0.487 e. The summed E-state index contributed by atoms with van der Waals surface area (Å²) in [4.78, 5) is 56.8. The number of para-hydroxylation sites is 1. The molecule has 356 valence electrons. The third-order valence-electron chi connectivity index (χ3n) is 12.2. The molecule has 1 unspecified atom stereocenters. The predicted octanol–water partition coefficient (Wildman–Crippen LogP) is 9.89. The van der Waals surface area contributed by atoms with Crippen LogP contribution in [-0.2, 0) is 20.8 Å². The van der Waals surface area contributed by atoms with Crippen molar-refractivity contribution in [2.24, 2.45) is 23.5 Å². The monoisotopic (exact) mass is 901 g/mol. The van der Waals surface area contributed by atoms with Crippen LogP contribution in [0.1, 0.15) is 153 Å². The summed E-state index contributed by atoms with van der Waals surface area (Å²) >= 11 is 0. The van der Waals surface area contributed by atoms with Crippen molar-refractivity contribution in [3.63, 3.8) is 0 Å². The fraction of sp³-hybridized carbons (Fsp3) is 0.653. The summed E-state index contributed by atoms with van der Waals surface area (Å²) in [5, 5.41) is 9.05. The highest BCUT2D eigenvalue weighted by atomic mass is 35.5. The van der Waals surface area contributed by atoms with Gasteiger partial charge < -0.3 is 31.2 Å². The fourth-order valence-electron chi connectivity index (χ4n) is 8.06. The summed E-state index contributed by atoms with van der Waals surface area (Å²) in [6.45, 7) is 29.9. The number of hydrogen-bond acceptors (Lipinski definition) is 8. The summed E-state index contributed by atoms with van der Waals surface area (Å²) in [5.41, 5.74) is 12.2. The first-order valence-corrected chi connectivity index (χ1v) is 22.9. The Balaban J connectivity index is 0.000000563. The van der Waals surface area contributed by atoms with Crippen molar-refractivity contribution in [3.05, 3.63) is 51.6 Å². The number of rotatable bonds is 19. The maximum absolute atomic E-state index is 11.9. The van der Waals surface area contributed by atoms with Crippen LogP contribution in [-0.4, -0.2) is 66.1 Å². The number of nitrogens with zero attached hydrogens (tertiary/aromatic N) is 1. The maximum Gasteiger partial charge on any atom is 0.323 e. The van der Waals surface area contributed by atoms with E-state index in [1.165, 1.54) is 63.9 Å². The molecular weight excluding hydrogens is 820 g/mol. The average molecular weight is 902 g/mol. The van der Waals surface area contributed by atoms with Crippen LogP contribution in [0.5, 0.6) is 11.5 Å². The molecule has 0 aromatic heterocycles. The van der Waals surface area contributed by atoms with E-state index in [1.54, 1.807) is 0 Å². The number of halogens is 1. The van der Waals surface area contributed by atoms with Crippen molar-refractivity contribution in [1.29, 1.82) is 0 Å². The zero-order valence-electron chi connectivity index (χ0n) is 40.7. The number of nitrogens with two attached hydrogens (primary N) is 1. The minimum absolute atomic E-state index is 0. The van der Waals surface area contributed by atoms with Gasteiger partial charge in [0.1, 0.15) is 17.1 Å². The van der Waals surface area contributed by atoms with E-state index in [-0.39, 0.29) is 29.9 Å². The van der Waals surface area contributed by atoms with Crippen LogP contribution in [0.4, 0.5) is 15.3 Å². The number of esters is 1. The van der Waals surface area contributed by atoms with Crippen molar-refractivity contribution in [1.82, 2.24) is 20.9 Å². The zero-order chi connectivity index (χ0) is 46.7. The predicted molar refractivity (Wildman–Crippen MR) is 257 cm³/mol. The molecule has 1 fully saturated rings. The second kappa shape index (κ2) is 27.7. The van der Waals surface area contributed by atoms with E-state index in [1.807, 2.05) is 49.6 Å². The molecule has 6 N–H and O–H groups in total. The molecule has 6 amide bonds. The van der Waals surface area contributed by atoms with E-state index in [0.29, 0.717) is 6.54 Å². The standard InChI is InChI=1S/C31H52O3.C14H22N2O.C4H6N4O3.ClH/c1-21(2)13-10-14-22(3)15-11-16-23(4)17-12-19-31(9)20-18-28-26(7)29(33-27(8)32)24(5)25(6)30(28)34-31;1-5-16(6-2)10-13(17)15-14-11(3)8-7-9-12(14)4;5-3(10)6-1-2(9)8-4(11)7-1;/h21-23H,10-20H2,1-9H3;7-9H,5-6,10H2,1-4H3,(H,15,17);1H,(H3,5,6,10)(H2,7,8,9,11);1H/t22-,23-,31-;;;/m1.../s1. The number of fused-ring (bicyclic) bond motifs is 1. The maximum atomic E-state index is 11.9. The van der Waals surface area contributed by atoms with E-state index < -0.39 is 24.1 Å². The van der Waals surface area contributed by atoms with Gasteiger partial charge in [-0.15, -0.1) is 12.4 Å². The number of anilines is 1. The Morgan fingerprint density at radius 3 is 1.94 bits per heavy atom. The molecule has 0 aliphatic carbocycles. The Bertz CT molecular complexity index is 1800. The number of carbonyl (C=O) groups excluding carboxylic acids is 5. The van der Waals surface area contributed by atoms with Gasteiger partial charge in [-0.2, -0.15) is 0 Å². The second-order valence-electron chi connectivity index (χ2n) is 18.2. The lowest BCUT2D eigenvalue weighted by Crippen LogP contribution is -2.48. The average Bonchev–Trinajstić information content (AvgIpc) is 3.51. The number of amides is 6. The van der Waals surface area contributed by atoms with Crippen LogP contribution in [0, 0.1) is 52.4 Å². The first-order valence-electron chi connectivity index (χ1n) is 22.9. The number of likely N-dealkylation sites (N-methyl/N-ethyl adjacent to an activating group) is 1. The van der Waals surface area contributed by atoms with Gasteiger partial charge in [0.25, 0.3) is 5.91 Å². The summed E-state index contributed by atoms with van der Waals surface area (Å²) in [7, 11) is 0. The van der Waals surface area contributed by atoms with Crippen LogP contribution >= 0.6 is 12.4 Å². The Morgan fingerprint density at radius 2 is 1.44 bits per heavy atom. The number of primary amides is 1. The minimum atomic E-state index is -1.04. The van der Waals surface area contributed by atoms with E-state index in [2.05, 4.69) is 77.8 Å². The van der Waals surface area contributed by atoms with Crippen LogP contribution in [0.25, 0.3) is 0 Å². The molecule has 4 atom stereocenters. The van der Waals surface area contributed by atoms with Crippen molar-refractivity contribution < 1.29 is 33.4 Å². The summed E-state index contributed by atoms with van der Waals surface area (Å²) in [5.74, 6) is 3.43. The molecular formula is C49H81ClN6O7. The van der Waals surface area contributed by atoms with Crippen LogP contribution in [0.3, 0.4) is 0 Å². The number of hydrogen-bond donors (Lipinski definition) is 5. The highest BCUT2D eigenvalue weighted by molar-refractivity contribution is 6.05. The molecule has 0 radical (unpaired) electrons. The molecule has 14 heteroatoms. The molecule has 2 aromatic rings. The first-order chi connectivity index (χ1) is 29.1. The smallest absolute Gasteiger partial charge is 0.323 e. The molecule has 0 bridgehead atoms. The number of ether oxygens (including phenoxy) is 2. The lowest BCUT2D eigenvalue weighted by molar-refractivity contribution is -0.132. The Labute approximate surface area is 384 Å². The zero-order valence-corrected chi connectivity index (χ0v) is 41.5. The van der Waals surface area contributed by atoms with E-state index >= 15 is 0 Å². The van der Waals surface area contributed by atoms with Crippen molar-refractivity contribution in [2.75, 3.05) is 25.0 Å². The summed E-state index contributed by atoms with van der Waals surface area (Å²) in [6.07, 6.45) is 12.8. The molecule has 0 spiro atoms. The highest BCUT2D eigenvalue weighted by Gasteiger charge is 2.35. The fourth-order valence-corrected chi connectivity index (χ4v) is 8.06. The van der Waals surface area contributed by atoms with E-state index in [9.17, 15) is 24.0 Å². The van der Waals surface area contributed by atoms with Gasteiger partial charge in [-0.3, -0.25) is 24.6 Å². The Morgan fingerprint density at radius 1 is 0.889 bits per heavy atom. The molecule has 2 aromatic carbocycles. The summed E-state index contributed by atoms with van der Waals surface area (Å²) < 4.78 is 12.2. The van der Waals surface area contributed by atoms with Gasteiger partial charge in [0.15, 0.2) is 6.17 Å². The van der Waals surface area contributed by atoms with Crippen molar-refractivity contribution in [2.45, 2.75) is 172 Å². The van der Waals surface area contributed by atoms with Gasteiger partial charge in [-0.05, 0) is 126 Å². The number of aryl methyl sites for hydroxylation is 2. The van der Waals surface area contributed by atoms with Crippen LogP contribution in [0.15, 0.2) is 18.2 Å². The lowest BCUT2D eigenvalue weighted by Gasteiger charge is -2.38. The second-order valence-corrected chi connectivity index (χ2v) is 18.2. The molecule has 4 rings (SSSR count). The van der Waals surface area contributed by atoms with Gasteiger partial charge in [-0.25, -0.2) is 9.59 Å². The Kier molecular flexibility index (Phi) is 25.0. The SMILES string of the molecule is CC(=O)Oc1c(C)c(C)c2c(c1C)CC[C@@](C)(CCC[C@H](C)CCC[C@H](C)CCCC(C)C)O2.CCN(CC)CC(=O)Nc1c(C)cccc1C.Cl.NC(=O)NC1NC(=O)NC1=O. The van der Waals surface area contributed by atoms with Gasteiger partial charge in [0.05, 0.1) is 6.54 Å². The molecule has 13 nitrogen and oxygen atoms in total. The number of urea groups is 2. The van der Waals surface area contributed by atoms with Gasteiger partial charge >= 0.3 is 18.0 Å². The topological polar surface area (TPSA) is 181 Å². The number of benzene rings is 2. The van der Waals surface area contributed by atoms with Crippen LogP contribution in [0.2, 0.25) is 0 Å². The molecule has 1 saturated heterocycles. The van der Waals surface area contributed by atoms with Crippen molar-refractivity contribution >= 4 is 47.9 Å². The number of nitrogens with one attached hydrogen (secondary N) is 4. The minimum Gasteiger partial charge on any atom is -0.487 e. The highest BCUT2D eigenvalue weighted by Crippen LogP contribution is 2.45. The summed E-state index contributed by atoms with van der Waals surface area (Å²) in [6, 6.07) is 4.52. The molecule has 63 heavy (non-hydrogen) atoms. The third-order valence-corrected chi connectivity index (χ3v) is 12.2.